The molecule has 23 heavy (non-hydrogen) atoms. The molecule has 0 saturated carbocycles. The van der Waals surface area contributed by atoms with Crippen molar-refractivity contribution in [3.05, 3.63) is 30.5 Å². The molecule has 0 spiro atoms. The van der Waals surface area contributed by atoms with Gasteiger partial charge in [-0.1, -0.05) is 28.7 Å². The van der Waals surface area contributed by atoms with Crippen LogP contribution in [0, 0.1) is 0 Å². The smallest absolute Gasteiger partial charge is 0.412 e. The summed E-state index contributed by atoms with van der Waals surface area (Å²) in [6, 6.07) is 7.62. The molecule has 0 aliphatic heterocycles. The number of thiazole rings is 1. The number of anilines is 2. The van der Waals surface area contributed by atoms with Crippen LogP contribution in [0.25, 0.3) is 10.2 Å². The van der Waals surface area contributed by atoms with Crippen molar-refractivity contribution in [2.24, 2.45) is 0 Å². The molecule has 1 aromatic carbocycles. The first-order valence-corrected chi connectivity index (χ1v) is 7.36. The number of benzene rings is 1. The van der Waals surface area contributed by atoms with Gasteiger partial charge in [0.25, 0.3) is 0 Å². The summed E-state index contributed by atoms with van der Waals surface area (Å²) in [5.74, 6) is -0.0942. The van der Waals surface area contributed by atoms with Crippen LogP contribution >= 0.6 is 11.3 Å². The molecule has 0 aliphatic rings. The molecule has 0 saturated heterocycles. The van der Waals surface area contributed by atoms with Gasteiger partial charge >= 0.3 is 6.09 Å². The molecule has 2 aromatic heterocycles. The molecular weight excluding hydrogens is 320 g/mol. The number of fused-ring (bicyclic) bond motifs is 1. The Bertz CT molecular complexity index is 825. The summed E-state index contributed by atoms with van der Waals surface area (Å²) in [4.78, 5) is 27.4. The Morgan fingerprint density at radius 3 is 2.91 bits per heavy atom. The van der Waals surface area contributed by atoms with E-state index >= 15 is 0 Å². The lowest BCUT2D eigenvalue weighted by molar-refractivity contribution is -0.116. The highest BCUT2D eigenvalue weighted by molar-refractivity contribution is 7.22. The average molecular weight is 332 g/mol. The number of nitrogens with zero attached hydrogens (tertiary/aromatic N) is 4. The van der Waals surface area contributed by atoms with Gasteiger partial charge in [0, 0.05) is 0 Å². The molecule has 2 amide bonds. The number of ether oxygens (including phenoxy) is 1. The quantitative estimate of drug-likeness (QED) is 0.752. The lowest BCUT2D eigenvalue weighted by Crippen LogP contribution is -2.19. The fourth-order valence-corrected chi connectivity index (χ4v) is 2.70. The van der Waals surface area contributed by atoms with Crippen molar-refractivity contribution < 1.29 is 14.3 Å². The minimum atomic E-state index is -0.657. The minimum absolute atomic E-state index is 0.0498. The van der Waals surface area contributed by atoms with Gasteiger partial charge in [-0.15, -0.1) is 5.10 Å². The van der Waals surface area contributed by atoms with Crippen molar-refractivity contribution in [3.8, 4) is 0 Å². The number of hydrogen-bond donors (Lipinski definition) is 2. The SMILES string of the molecule is COC(=O)Nc1cn(CC(=O)Nc2nc3ccccc3s2)nn1. The number of rotatable bonds is 4. The fourth-order valence-electron chi connectivity index (χ4n) is 1.82. The second-order valence-corrected chi connectivity index (χ2v) is 5.48. The van der Waals surface area contributed by atoms with Crippen LogP contribution in [-0.2, 0) is 16.1 Å². The standard InChI is InChI=1S/C13H12N6O3S/c1-22-13(21)15-10-6-19(18-17-10)7-11(20)16-12-14-8-4-2-3-5-9(8)23-12/h2-6H,7H2,1H3,(H,15,21)(H,14,16,20). The van der Waals surface area contributed by atoms with Gasteiger partial charge in [-0.05, 0) is 12.1 Å². The molecule has 0 radical (unpaired) electrons. The first-order chi connectivity index (χ1) is 11.1. The molecule has 2 N–H and O–H groups in total. The van der Waals surface area contributed by atoms with E-state index in [0.29, 0.717) is 5.13 Å². The number of carbonyl (C=O) groups is 2. The number of amides is 2. The molecule has 118 valence electrons. The second-order valence-electron chi connectivity index (χ2n) is 4.45. The summed E-state index contributed by atoms with van der Waals surface area (Å²) in [5.41, 5.74) is 0.832. The van der Waals surface area contributed by atoms with E-state index in [9.17, 15) is 9.59 Å². The highest BCUT2D eigenvalue weighted by Crippen LogP contribution is 2.25. The molecule has 2 heterocycles. The molecule has 0 fully saturated rings. The maximum atomic E-state index is 12.0. The van der Waals surface area contributed by atoms with Gasteiger partial charge in [0.2, 0.25) is 5.91 Å². The van der Waals surface area contributed by atoms with E-state index in [1.165, 1.54) is 29.3 Å². The topological polar surface area (TPSA) is 111 Å². The summed E-state index contributed by atoms with van der Waals surface area (Å²) < 4.78 is 6.73. The number of hydrogen-bond acceptors (Lipinski definition) is 7. The number of methoxy groups -OCH3 is 1. The Kier molecular flexibility index (Phi) is 4.15. The van der Waals surface area contributed by atoms with Gasteiger partial charge in [-0.3, -0.25) is 10.1 Å². The Balaban J connectivity index is 1.61. The first kappa shape index (κ1) is 14.9. The van der Waals surface area contributed by atoms with Crippen LogP contribution in [0.3, 0.4) is 0 Å². The van der Waals surface area contributed by atoms with Gasteiger partial charge < -0.3 is 10.1 Å². The Morgan fingerprint density at radius 1 is 1.30 bits per heavy atom. The second kappa shape index (κ2) is 6.40. The van der Waals surface area contributed by atoms with Crippen molar-refractivity contribution in [3.63, 3.8) is 0 Å². The summed E-state index contributed by atoms with van der Waals surface area (Å²) in [6.07, 6.45) is 0.769. The van der Waals surface area contributed by atoms with Crippen molar-refractivity contribution in [1.29, 1.82) is 0 Å². The number of para-hydroxylation sites is 1. The molecule has 0 unspecified atom stereocenters. The van der Waals surface area contributed by atoms with Crippen LogP contribution in [0.1, 0.15) is 0 Å². The highest BCUT2D eigenvalue weighted by atomic mass is 32.1. The predicted molar refractivity (Wildman–Crippen MR) is 84.3 cm³/mol. The zero-order chi connectivity index (χ0) is 16.2. The van der Waals surface area contributed by atoms with Gasteiger partial charge in [0.15, 0.2) is 10.9 Å². The van der Waals surface area contributed by atoms with E-state index in [0.717, 1.165) is 10.2 Å². The zero-order valence-corrected chi connectivity index (χ0v) is 12.8. The van der Waals surface area contributed by atoms with Gasteiger partial charge in [0.05, 0.1) is 23.5 Å². The van der Waals surface area contributed by atoms with E-state index in [2.05, 4.69) is 30.7 Å². The summed E-state index contributed by atoms with van der Waals surface area (Å²) in [5, 5.41) is 13.0. The normalized spacial score (nSPS) is 10.5. The minimum Gasteiger partial charge on any atom is -0.453 e. The lowest BCUT2D eigenvalue weighted by atomic mass is 10.3. The summed E-state index contributed by atoms with van der Waals surface area (Å²) in [7, 11) is 1.24. The molecule has 9 nitrogen and oxygen atoms in total. The van der Waals surface area contributed by atoms with E-state index in [1.54, 1.807) is 0 Å². The maximum Gasteiger partial charge on any atom is 0.412 e. The Hall–Kier alpha value is -3.01. The van der Waals surface area contributed by atoms with Gasteiger partial charge in [-0.25, -0.2) is 14.5 Å². The third-order valence-electron chi connectivity index (χ3n) is 2.80. The van der Waals surface area contributed by atoms with Crippen LogP contribution in [0.5, 0.6) is 0 Å². The zero-order valence-electron chi connectivity index (χ0n) is 12.0. The molecule has 0 atom stereocenters. The van der Waals surface area contributed by atoms with Crippen LogP contribution in [0.15, 0.2) is 30.5 Å². The third-order valence-corrected chi connectivity index (χ3v) is 3.75. The Labute approximate surface area is 134 Å². The molecule has 3 rings (SSSR count). The van der Waals surface area contributed by atoms with Crippen molar-refractivity contribution in [2.75, 3.05) is 17.7 Å². The van der Waals surface area contributed by atoms with E-state index < -0.39 is 6.09 Å². The number of aromatic nitrogens is 4. The van der Waals surface area contributed by atoms with Crippen molar-refractivity contribution >= 4 is 44.5 Å². The maximum absolute atomic E-state index is 12.0. The summed E-state index contributed by atoms with van der Waals surface area (Å²) in [6.45, 7) is -0.0498. The highest BCUT2D eigenvalue weighted by Gasteiger charge is 2.10. The fraction of sp³-hybridized carbons (Fsp3) is 0.154. The van der Waals surface area contributed by atoms with Crippen LogP contribution in [0.4, 0.5) is 15.7 Å². The summed E-state index contributed by atoms with van der Waals surface area (Å²) >= 11 is 1.39. The number of nitrogens with one attached hydrogen (secondary N) is 2. The monoisotopic (exact) mass is 332 g/mol. The van der Waals surface area contributed by atoms with Crippen molar-refractivity contribution in [2.45, 2.75) is 6.54 Å². The van der Waals surface area contributed by atoms with Crippen LogP contribution < -0.4 is 10.6 Å². The van der Waals surface area contributed by atoms with Gasteiger partial charge in [0.1, 0.15) is 6.54 Å². The largest absolute Gasteiger partial charge is 0.453 e. The molecular formula is C13H12N6O3S. The third kappa shape index (κ3) is 3.61. The van der Waals surface area contributed by atoms with Crippen LogP contribution in [0.2, 0.25) is 0 Å². The first-order valence-electron chi connectivity index (χ1n) is 6.54. The molecule has 0 aliphatic carbocycles. The molecule has 3 aromatic rings. The number of carbonyl (C=O) groups excluding carboxylic acids is 2. The van der Waals surface area contributed by atoms with Gasteiger partial charge in [-0.2, -0.15) is 0 Å². The molecule has 10 heteroatoms. The van der Waals surface area contributed by atoms with E-state index in [1.807, 2.05) is 24.3 Å². The van der Waals surface area contributed by atoms with Crippen molar-refractivity contribution in [1.82, 2.24) is 20.0 Å². The van der Waals surface area contributed by atoms with Crippen LogP contribution in [-0.4, -0.2) is 39.1 Å². The molecule has 0 bridgehead atoms. The lowest BCUT2D eigenvalue weighted by Gasteiger charge is -2.00. The van der Waals surface area contributed by atoms with E-state index in [-0.39, 0.29) is 18.3 Å². The predicted octanol–water partition coefficient (Wildman–Crippen LogP) is 1.70. The van der Waals surface area contributed by atoms with E-state index in [4.69, 9.17) is 0 Å². The average Bonchev–Trinajstić information content (AvgIpc) is 3.12. The Morgan fingerprint density at radius 2 is 2.13 bits per heavy atom.